The van der Waals surface area contributed by atoms with Crippen molar-refractivity contribution in [3.63, 3.8) is 0 Å². The molecule has 1 aromatic carbocycles. The summed E-state index contributed by atoms with van der Waals surface area (Å²) in [5.74, 6) is 2.23. The van der Waals surface area contributed by atoms with Gasteiger partial charge in [-0.2, -0.15) is 5.26 Å². The fraction of sp³-hybridized carbons (Fsp3) is 0.579. The molecule has 0 N–H and O–H groups in total. The van der Waals surface area contributed by atoms with Crippen LogP contribution < -0.4 is 0 Å². The molecule has 0 amide bonds. The summed E-state index contributed by atoms with van der Waals surface area (Å²) in [5.41, 5.74) is 0.978. The van der Waals surface area contributed by atoms with Crippen LogP contribution in [-0.4, -0.2) is 12.3 Å². The summed E-state index contributed by atoms with van der Waals surface area (Å²) >= 11 is 0. The first kappa shape index (κ1) is 13.9. The lowest BCUT2D eigenvalue weighted by Gasteiger charge is -2.57. The Labute approximate surface area is 131 Å². The van der Waals surface area contributed by atoms with Crippen molar-refractivity contribution in [3.8, 4) is 6.07 Å². The smallest absolute Gasteiger partial charge is 0.142 e. The Morgan fingerprint density at radius 2 is 1.64 bits per heavy atom. The van der Waals surface area contributed by atoms with E-state index >= 15 is 0 Å². The molecule has 4 aliphatic rings. The topological polar surface area (TPSA) is 36.1 Å². The number of benzene rings is 1. The highest BCUT2D eigenvalue weighted by Crippen LogP contribution is 2.61. The molecule has 0 aromatic heterocycles. The standard InChI is InChI=1S/C19H21FN2/c20-17-3-1-13(2-4-17)12-22-18(11-21)19-8-14-5-15(9-19)7-16(6-14)10-19/h1-4,12,14-16,18H,5-10H2/t14?,15?,16?,18-,19?/m1/s1. The molecule has 1 atom stereocenters. The molecule has 0 heterocycles. The van der Waals surface area contributed by atoms with E-state index in [1.807, 2.05) is 0 Å². The van der Waals surface area contributed by atoms with Gasteiger partial charge in [-0.15, -0.1) is 0 Å². The van der Waals surface area contributed by atoms with Crippen LogP contribution in [0, 0.1) is 40.3 Å². The Bertz CT molecular complexity index is 591. The van der Waals surface area contributed by atoms with Crippen LogP contribution in [0.15, 0.2) is 29.3 Å². The van der Waals surface area contributed by atoms with Crippen LogP contribution in [-0.2, 0) is 0 Å². The zero-order chi connectivity index (χ0) is 15.2. The number of rotatable bonds is 3. The average Bonchev–Trinajstić information content (AvgIpc) is 2.48. The van der Waals surface area contributed by atoms with Gasteiger partial charge in [0.15, 0.2) is 0 Å². The molecular weight excluding hydrogens is 275 g/mol. The number of aliphatic imine (C=N–C) groups is 1. The lowest BCUT2D eigenvalue weighted by molar-refractivity contribution is -0.0573. The first-order valence-corrected chi connectivity index (χ1v) is 8.35. The summed E-state index contributed by atoms with van der Waals surface area (Å²) in [6.45, 7) is 0. The van der Waals surface area contributed by atoms with Crippen LogP contribution in [0.5, 0.6) is 0 Å². The number of hydrogen-bond donors (Lipinski definition) is 0. The second kappa shape index (κ2) is 5.19. The molecule has 0 unspecified atom stereocenters. The quantitative estimate of drug-likeness (QED) is 0.764. The maximum absolute atomic E-state index is 13.0. The number of nitriles is 1. The summed E-state index contributed by atoms with van der Waals surface area (Å²) in [5, 5.41) is 9.68. The molecule has 0 radical (unpaired) electrons. The van der Waals surface area contributed by atoms with Gasteiger partial charge in [0.1, 0.15) is 11.9 Å². The third-order valence-corrected chi connectivity index (χ3v) is 6.03. The number of halogens is 1. The van der Waals surface area contributed by atoms with Crippen LogP contribution in [0.1, 0.15) is 44.1 Å². The van der Waals surface area contributed by atoms with E-state index in [1.165, 1.54) is 50.7 Å². The summed E-state index contributed by atoms with van der Waals surface area (Å²) in [7, 11) is 0. The molecule has 4 aliphatic carbocycles. The minimum absolute atomic E-state index is 0.111. The average molecular weight is 296 g/mol. The number of nitrogens with zero attached hydrogens (tertiary/aromatic N) is 2. The summed E-state index contributed by atoms with van der Waals surface area (Å²) < 4.78 is 13.0. The molecule has 4 bridgehead atoms. The van der Waals surface area contributed by atoms with Crippen molar-refractivity contribution >= 4 is 6.21 Å². The highest BCUT2D eigenvalue weighted by atomic mass is 19.1. The van der Waals surface area contributed by atoms with Gasteiger partial charge in [-0.3, -0.25) is 4.99 Å². The van der Waals surface area contributed by atoms with Gasteiger partial charge in [0.25, 0.3) is 0 Å². The van der Waals surface area contributed by atoms with Crippen molar-refractivity contribution in [2.45, 2.75) is 44.6 Å². The molecule has 4 fully saturated rings. The van der Waals surface area contributed by atoms with E-state index in [4.69, 9.17) is 0 Å². The first-order chi connectivity index (χ1) is 10.7. The predicted octanol–water partition coefficient (Wildman–Crippen LogP) is 4.35. The minimum Gasteiger partial charge on any atom is -0.273 e. The Hall–Kier alpha value is -1.69. The van der Waals surface area contributed by atoms with E-state index in [-0.39, 0.29) is 17.3 Å². The van der Waals surface area contributed by atoms with Crippen molar-refractivity contribution in [1.82, 2.24) is 0 Å². The van der Waals surface area contributed by atoms with Crippen molar-refractivity contribution in [2.75, 3.05) is 0 Å². The second-order valence-corrected chi connectivity index (χ2v) is 7.64. The SMILES string of the molecule is N#C[C@@H](N=Cc1ccc(F)cc1)C12CC3CC(CC(C3)C1)C2. The molecule has 2 nitrogen and oxygen atoms in total. The van der Waals surface area contributed by atoms with E-state index in [9.17, 15) is 9.65 Å². The van der Waals surface area contributed by atoms with E-state index in [0.29, 0.717) is 0 Å². The normalized spacial score (nSPS) is 37.4. The minimum atomic E-state index is -0.244. The highest BCUT2D eigenvalue weighted by Gasteiger charge is 2.54. The molecule has 1 aromatic rings. The van der Waals surface area contributed by atoms with Gasteiger partial charge in [0.2, 0.25) is 0 Å². The maximum Gasteiger partial charge on any atom is 0.142 e. The monoisotopic (exact) mass is 296 g/mol. The van der Waals surface area contributed by atoms with Gasteiger partial charge < -0.3 is 0 Å². The van der Waals surface area contributed by atoms with Gasteiger partial charge in [-0.05, 0) is 74.0 Å². The van der Waals surface area contributed by atoms with Gasteiger partial charge in [-0.25, -0.2) is 4.39 Å². The molecule has 0 saturated heterocycles. The van der Waals surface area contributed by atoms with Crippen LogP contribution in [0.25, 0.3) is 0 Å². The predicted molar refractivity (Wildman–Crippen MR) is 84.0 cm³/mol. The molecular formula is C19H21FN2. The molecule has 0 spiro atoms. The Morgan fingerprint density at radius 1 is 1.09 bits per heavy atom. The Balaban J connectivity index is 1.57. The zero-order valence-electron chi connectivity index (χ0n) is 12.7. The van der Waals surface area contributed by atoms with Crippen LogP contribution in [0.2, 0.25) is 0 Å². The third kappa shape index (κ3) is 2.35. The second-order valence-electron chi connectivity index (χ2n) is 7.64. The third-order valence-electron chi connectivity index (χ3n) is 6.03. The molecule has 0 aliphatic heterocycles. The van der Waals surface area contributed by atoms with E-state index < -0.39 is 0 Å². The van der Waals surface area contributed by atoms with Crippen LogP contribution in [0.4, 0.5) is 4.39 Å². The maximum atomic E-state index is 13.0. The fourth-order valence-electron chi connectivity index (χ4n) is 5.55. The lowest BCUT2D eigenvalue weighted by atomic mass is 9.48. The van der Waals surface area contributed by atoms with Crippen molar-refractivity contribution in [2.24, 2.45) is 28.2 Å². The van der Waals surface area contributed by atoms with Gasteiger partial charge in [0.05, 0.1) is 6.07 Å². The Kier molecular flexibility index (Phi) is 3.29. The summed E-state index contributed by atoms with van der Waals surface area (Å²) in [4.78, 5) is 4.62. The molecule has 3 heteroatoms. The lowest BCUT2D eigenvalue weighted by Crippen LogP contribution is -2.50. The van der Waals surface area contributed by atoms with E-state index in [2.05, 4.69) is 11.1 Å². The summed E-state index contributed by atoms with van der Waals surface area (Å²) in [6.07, 6.45) is 9.41. The fourth-order valence-corrected chi connectivity index (χ4v) is 5.55. The van der Waals surface area contributed by atoms with Crippen molar-refractivity contribution in [1.29, 1.82) is 5.26 Å². The first-order valence-electron chi connectivity index (χ1n) is 8.35. The van der Waals surface area contributed by atoms with Crippen molar-refractivity contribution in [3.05, 3.63) is 35.6 Å². The molecule has 5 rings (SSSR count). The van der Waals surface area contributed by atoms with Gasteiger partial charge in [-0.1, -0.05) is 12.1 Å². The zero-order valence-corrected chi connectivity index (χ0v) is 12.7. The van der Waals surface area contributed by atoms with Gasteiger partial charge in [0, 0.05) is 11.6 Å². The highest BCUT2D eigenvalue weighted by molar-refractivity contribution is 5.79. The van der Waals surface area contributed by atoms with Crippen LogP contribution >= 0.6 is 0 Å². The molecule has 4 saturated carbocycles. The Morgan fingerprint density at radius 3 is 2.14 bits per heavy atom. The summed E-state index contributed by atoms with van der Waals surface area (Å²) in [6, 6.07) is 8.53. The van der Waals surface area contributed by atoms with E-state index in [0.717, 1.165) is 23.3 Å². The van der Waals surface area contributed by atoms with Crippen molar-refractivity contribution < 1.29 is 4.39 Å². The van der Waals surface area contributed by atoms with Crippen LogP contribution in [0.3, 0.4) is 0 Å². The largest absolute Gasteiger partial charge is 0.273 e. The molecule has 114 valence electrons. The van der Waals surface area contributed by atoms with E-state index in [1.54, 1.807) is 18.3 Å². The van der Waals surface area contributed by atoms with Gasteiger partial charge >= 0.3 is 0 Å². The number of hydrogen-bond acceptors (Lipinski definition) is 2. The molecule has 22 heavy (non-hydrogen) atoms.